The van der Waals surface area contributed by atoms with Crippen molar-refractivity contribution in [1.82, 2.24) is 0 Å². The first-order valence-electron chi connectivity index (χ1n) is 7.97. The van der Waals surface area contributed by atoms with Crippen LogP contribution in [0.4, 0.5) is 11.4 Å². The maximum atomic E-state index is 12.1. The van der Waals surface area contributed by atoms with Gasteiger partial charge in [-0.2, -0.15) is 0 Å². The number of hydrogen-bond acceptors (Lipinski definition) is 5. The van der Waals surface area contributed by atoms with Gasteiger partial charge >= 0.3 is 11.9 Å². The van der Waals surface area contributed by atoms with Gasteiger partial charge in [0.15, 0.2) is 0 Å². The minimum atomic E-state index is -0.536. The van der Waals surface area contributed by atoms with E-state index in [9.17, 15) is 9.59 Å². The molecule has 0 heterocycles. The van der Waals surface area contributed by atoms with Crippen molar-refractivity contribution in [1.29, 1.82) is 0 Å². The minimum Gasteiger partial charge on any atom is -0.465 e. The molecule has 0 bridgehead atoms. The molecule has 2 rings (SSSR count). The van der Waals surface area contributed by atoms with Crippen LogP contribution in [0.3, 0.4) is 0 Å². The Morgan fingerprint density at radius 2 is 1.52 bits per heavy atom. The summed E-state index contributed by atoms with van der Waals surface area (Å²) in [7, 11) is 3.21. The molecule has 0 unspecified atom stereocenters. The number of rotatable bonds is 4. The topological polar surface area (TPSA) is 55.8 Å². The molecule has 2 aromatic rings. The van der Waals surface area contributed by atoms with Crippen molar-refractivity contribution in [3.63, 3.8) is 0 Å². The number of anilines is 2. The van der Waals surface area contributed by atoms with Crippen molar-refractivity contribution >= 4 is 23.3 Å². The molecule has 5 nitrogen and oxygen atoms in total. The van der Waals surface area contributed by atoms with Gasteiger partial charge in [0.25, 0.3) is 0 Å². The Morgan fingerprint density at radius 3 is 2.08 bits per heavy atom. The van der Waals surface area contributed by atoms with E-state index in [-0.39, 0.29) is 5.97 Å². The van der Waals surface area contributed by atoms with E-state index in [1.54, 1.807) is 24.3 Å². The zero-order chi connectivity index (χ0) is 18.6. The van der Waals surface area contributed by atoms with Crippen LogP contribution in [0.5, 0.6) is 0 Å². The second-order valence-corrected chi connectivity index (χ2v) is 6.62. The SMILES string of the molecule is COC(=O)c1ccccc1N(C)c1ccc(C(=O)OC(C)(C)C)cc1. The fourth-order valence-electron chi connectivity index (χ4n) is 2.35. The van der Waals surface area contributed by atoms with Gasteiger partial charge in [0, 0.05) is 12.7 Å². The standard InChI is InChI=1S/C20H23NO4/c1-20(2,3)25-18(22)14-10-12-15(13-11-14)21(4)17-9-7-6-8-16(17)19(23)24-5/h6-13H,1-5H3. The smallest absolute Gasteiger partial charge is 0.339 e. The lowest BCUT2D eigenvalue weighted by atomic mass is 10.1. The molecule has 0 aliphatic rings. The summed E-state index contributed by atoms with van der Waals surface area (Å²) in [6, 6.07) is 14.2. The molecule has 0 N–H and O–H groups in total. The Balaban J connectivity index is 2.26. The normalized spacial score (nSPS) is 10.9. The van der Waals surface area contributed by atoms with Gasteiger partial charge < -0.3 is 14.4 Å². The fraction of sp³-hybridized carbons (Fsp3) is 0.300. The Kier molecular flexibility index (Phi) is 5.47. The summed E-state index contributed by atoms with van der Waals surface area (Å²) in [4.78, 5) is 25.9. The van der Waals surface area contributed by atoms with Gasteiger partial charge in [-0.05, 0) is 57.2 Å². The summed E-state index contributed by atoms with van der Waals surface area (Å²) in [5.41, 5.74) is 1.98. The first-order valence-corrected chi connectivity index (χ1v) is 7.97. The number of carbonyl (C=O) groups excluding carboxylic acids is 2. The molecule has 0 aliphatic carbocycles. The molecule has 2 aromatic carbocycles. The van der Waals surface area contributed by atoms with Crippen LogP contribution in [0, 0.1) is 0 Å². The number of esters is 2. The molecule has 0 amide bonds. The quantitative estimate of drug-likeness (QED) is 0.780. The van der Waals surface area contributed by atoms with Crippen molar-refractivity contribution in [3.8, 4) is 0 Å². The first-order chi connectivity index (χ1) is 11.7. The van der Waals surface area contributed by atoms with Crippen molar-refractivity contribution < 1.29 is 19.1 Å². The second kappa shape index (κ2) is 7.38. The summed E-state index contributed by atoms with van der Waals surface area (Å²) in [6.45, 7) is 5.49. The molecule has 0 radical (unpaired) electrons. The van der Waals surface area contributed by atoms with E-state index in [0.717, 1.165) is 11.4 Å². The molecule has 0 aliphatic heterocycles. The third kappa shape index (κ3) is 4.59. The van der Waals surface area contributed by atoms with Crippen molar-refractivity contribution in [2.45, 2.75) is 26.4 Å². The van der Waals surface area contributed by atoms with Gasteiger partial charge in [0.1, 0.15) is 5.60 Å². The largest absolute Gasteiger partial charge is 0.465 e. The Morgan fingerprint density at radius 1 is 0.920 bits per heavy atom. The zero-order valence-corrected chi connectivity index (χ0v) is 15.2. The average molecular weight is 341 g/mol. The summed E-state index contributed by atoms with van der Waals surface area (Å²) in [5, 5.41) is 0. The molecular formula is C20H23NO4. The van der Waals surface area contributed by atoms with Gasteiger partial charge in [-0.3, -0.25) is 0 Å². The summed E-state index contributed by atoms with van der Waals surface area (Å²) in [6.07, 6.45) is 0. The highest BCUT2D eigenvalue weighted by Gasteiger charge is 2.19. The minimum absolute atomic E-state index is 0.364. The molecular weight excluding hydrogens is 318 g/mol. The lowest BCUT2D eigenvalue weighted by Gasteiger charge is -2.22. The molecule has 0 saturated heterocycles. The van der Waals surface area contributed by atoms with Crippen LogP contribution in [-0.4, -0.2) is 31.7 Å². The van der Waals surface area contributed by atoms with E-state index in [0.29, 0.717) is 11.1 Å². The second-order valence-electron chi connectivity index (χ2n) is 6.62. The third-order valence-corrected chi connectivity index (χ3v) is 3.56. The summed E-state index contributed by atoms with van der Waals surface area (Å²) >= 11 is 0. The molecule has 25 heavy (non-hydrogen) atoms. The molecule has 0 saturated carbocycles. The Bertz CT molecular complexity index is 760. The van der Waals surface area contributed by atoms with E-state index < -0.39 is 11.6 Å². The monoisotopic (exact) mass is 341 g/mol. The highest BCUT2D eigenvalue weighted by Crippen LogP contribution is 2.28. The van der Waals surface area contributed by atoms with Gasteiger partial charge in [0.2, 0.25) is 0 Å². The van der Waals surface area contributed by atoms with E-state index >= 15 is 0 Å². The highest BCUT2D eigenvalue weighted by atomic mass is 16.6. The van der Waals surface area contributed by atoms with Crippen molar-refractivity contribution in [3.05, 3.63) is 59.7 Å². The van der Waals surface area contributed by atoms with Crippen molar-refractivity contribution in [2.75, 3.05) is 19.1 Å². The number of para-hydroxylation sites is 1. The molecule has 0 atom stereocenters. The van der Waals surface area contributed by atoms with Crippen LogP contribution in [0.1, 0.15) is 41.5 Å². The molecule has 5 heteroatoms. The molecule has 0 fully saturated rings. The van der Waals surface area contributed by atoms with E-state index in [4.69, 9.17) is 9.47 Å². The van der Waals surface area contributed by atoms with Crippen LogP contribution < -0.4 is 4.90 Å². The molecule has 0 spiro atoms. The fourth-order valence-corrected chi connectivity index (χ4v) is 2.35. The van der Waals surface area contributed by atoms with E-state index in [1.807, 2.05) is 57.0 Å². The maximum absolute atomic E-state index is 12.1. The number of ether oxygens (including phenoxy) is 2. The highest BCUT2D eigenvalue weighted by molar-refractivity contribution is 5.97. The third-order valence-electron chi connectivity index (χ3n) is 3.56. The van der Waals surface area contributed by atoms with E-state index in [2.05, 4.69) is 0 Å². The Labute approximate surface area is 148 Å². The van der Waals surface area contributed by atoms with Gasteiger partial charge in [-0.15, -0.1) is 0 Å². The van der Waals surface area contributed by atoms with Crippen molar-refractivity contribution in [2.24, 2.45) is 0 Å². The summed E-state index contributed by atoms with van der Waals surface area (Å²) < 4.78 is 10.2. The average Bonchev–Trinajstić information content (AvgIpc) is 2.59. The van der Waals surface area contributed by atoms with Crippen LogP contribution >= 0.6 is 0 Å². The predicted molar refractivity (Wildman–Crippen MR) is 97.5 cm³/mol. The van der Waals surface area contributed by atoms with Crippen LogP contribution in [-0.2, 0) is 9.47 Å². The lowest BCUT2D eigenvalue weighted by molar-refractivity contribution is 0.00694. The van der Waals surface area contributed by atoms with Crippen LogP contribution in [0.2, 0.25) is 0 Å². The van der Waals surface area contributed by atoms with Gasteiger partial charge in [-0.1, -0.05) is 12.1 Å². The summed E-state index contributed by atoms with van der Waals surface area (Å²) in [5.74, 6) is -0.760. The Hall–Kier alpha value is -2.82. The lowest BCUT2D eigenvalue weighted by Crippen LogP contribution is -2.23. The number of benzene rings is 2. The van der Waals surface area contributed by atoms with E-state index in [1.165, 1.54) is 7.11 Å². The van der Waals surface area contributed by atoms with Crippen LogP contribution in [0.25, 0.3) is 0 Å². The predicted octanol–water partition coefficient (Wildman–Crippen LogP) is 4.20. The van der Waals surface area contributed by atoms with Crippen LogP contribution in [0.15, 0.2) is 48.5 Å². The number of carbonyl (C=O) groups is 2. The number of nitrogens with zero attached hydrogens (tertiary/aromatic N) is 1. The first kappa shape index (κ1) is 18.5. The van der Waals surface area contributed by atoms with Gasteiger partial charge in [0.05, 0.1) is 23.9 Å². The van der Waals surface area contributed by atoms with Gasteiger partial charge in [-0.25, -0.2) is 9.59 Å². The molecule has 0 aromatic heterocycles. The molecule has 132 valence electrons. The number of hydrogen-bond donors (Lipinski definition) is 0. The zero-order valence-electron chi connectivity index (χ0n) is 15.2. The number of methoxy groups -OCH3 is 1. The maximum Gasteiger partial charge on any atom is 0.339 e.